The van der Waals surface area contributed by atoms with Crippen molar-refractivity contribution in [2.45, 2.75) is 398 Å². The molecule has 0 aromatic carbocycles. The van der Waals surface area contributed by atoms with Gasteiger partial charge in [0.15, 0.2) is 62.9 Å². The smallest absolute Gasteiger partial charge is 0.364 e. The van der Waals surface area contributed by atoms with Crippen LogP contribution in [0.3, 0.4) is 0 Å². The number of ether oxygens (including phenoxy) is 21. The maximum absolute atomic E-state index is 13.5. The predicted octanol–water partition coefficient (Wildman–Crippen LogP) is -23.9. The minimum Gasteiger partial charge on any atom is -0.477 e. The number of aliphatic hydroxyl groups is 29. The average Bonchev–Trinajstić information content (AvgIpc) is 0.791. The SMILES string of the molecule is CC(=O)N[C@@H]1[C@@H](O)[C@H](O[C@@H]2O[C@H](CO)[C@@H](O[C@@H]3O[C@H](CO[C@H]4O[C@H](CO)[C@@H](O)[C@H](O)[C@@H]4O[C@@H]4O[C@H](CO)[C@@H](O)[C@H](O)[C@H]4NC(C)=O)[C@@H](O[C@@H]4O[C@H](CO)[C@@H](O)[C@H](O)[C@H]4NC(C)=O)[C@H](O[C@H]4O[C@H](CO)[C@@H](O)[C@H](O)[C@@H]4O[C@@H]4O[C@H](CO)[C@@H](O[C@@H]5O[C@H](CO[C@]6(C(=O)O)C[C@H](O)[C@@H](NC(C)=O)[C@H]([C@H](O)[C@H](O)CO)O6)[C@H](O)[C@H](O)[C@H]5O)[C@H](O)[C@H]4NC(C)=O)[C@@H]3O)[C@H](O)[C@H]2NC(C)=O)[C@@H](CO[C@@H]2O[C@@H](C)[C@@H](O)[C@@H](O)[C@@H]2O)O[C@H]1O. The van der Waals surface area contributed by atoms with Gasteiger partial charge in [0.1, 0.15) is 256 Å². The number of nitrogens with one attached hydrogen (secondary N) is 6. The minimum absolute atomic E-state index is 0.829. The standard InChI is InChI=1S/C81H134N6O58/c1-19-43(103)55(115)59(119)75(128-19)125-16-35-64(52(112)38(70(122)129-35)83-21(3)96)138-73-41(86-24(6)99)53(113)63(33(15-94)134-73)140-77-61(121)67(65(141-71-39(84-22(4)97)50(110)45(105)28(10-89)130-71)36(137-77)17-126-78-68(57(117)47(107)30(12-91)132-78)143-72-40(85-23(5)98)51(111)46(106)29(11-90)131-72)142-79-69(58(118)48(108)31(13-92)133-79)144-74-42(87-25(7)100)54(114)62(32(14-93)135-74)139-76-60(120)56(116)49(109)34(136-76)18-127-81(80(123)124)8-26(101)37(82-20(2)95)66(145-81)44(104)27(102)9-88/h19,26-79,88-94,101-122H,8-18H2,1-7H3,(H,82,95)(H,83,96)(H,84,97)(H,85,98)(H,86,99)(H,87,100)(H,123,124)/t19-,26-,27+,28+,29+,30+,31+,32+,33+,34+,35+,36+,37+,38+,39+,40+,41+,42+,43+,44+,45+,46+,47+,48+,49-,50+,51+,52+,53+,54+,55+,56-,57-,58-,59-,60+,61-,62+,63+,64+,65+,66+,67+,68-,69-,70+,71-,72-,73-,74-,75+,76-,77-,78-,79+,81+/m0/s1. The van der Waals surface area contributed by atoms with Crippen molar-refractivity contribution in [2.24, 2.45) is 0 Å². The summed E-state index contributed by atoms with van der Waals surface area (Å²) in [6.07, 6.45) is -111. The van der Waals surface area contributed by atoms with E-state index in [4.69, 9.17) is 99.5 Å². The van der Waals surface area contributed by atoms with Crippen LogP contribution in [0.5, 0.6) is 0 Å². The molecule has 0 saturated carbocycles. The fourth-order valence-electron chi connectivity index (χ4n) is 18.7. The largest absolute Gasteiger partial charge is 0.477 e. The summed E-state index contributed by atoms with van der Waals surface area (Å²) >= 11 is 0. The van der Waals surface area contributed by atoms with Gasteiger partial charge in [0.25, 0.3) is 5.79 Å². The van der Waals surface area contributed by atoms with Crippen molar-refractivity contribution < 1.29 is 286 Å². The second-order valence-electron chi connectivity index (χ2n) is 36.7. The third kappa shape index (κ3) is 27.0. The highest BCUT2D eigenvalue weighted by atomic mass is 16.8. The first-order valence-electron chi connectivity index (χ1n) is 46.1. The van der Waals surface area contributed by atoms with E-state index in [0.29, 0.717) is 0 Å². The molecule has 11 fully saturated rings. The van der Waals surface area contributed by atoms with Crippen LogP contribution in [0.25, 0.3) is 0 Å². The molecule has 64 nitrogen and oxygen atoms in total. The summed E-state index contributed by atoms with van der Waals surface area (Å²) in [7, 11) is 0. The van der Waals surface area contributed by atoms with Crippen LogP contribution < -0.4 is 31.9 Å². The van der Waals surface area contributed by atoms with E-state index in [9.17, 15) is 187 Å². The number of aliphatic hydroxyl groups excluding tert-OH is 29. The molecule has 11 heterocycles. The summed E-state index contributed by atoms with van der Waals surface area (Å²) in [5.74, 6) is -11.1. The molecule has 0 aliphatic carbocycles. The number of carbonyl (C=O) groups excluding carboxylic acids is 6. The van der Waals surface area contributed by atoms with Gasteiger partial charge in [-0.1, -0.05) is 0 Å². The molecule has 0 radical (unpaired) electrons. The number of carboxylic acids is 1. The zero-order valence-corrected chi connectivity index (χ0v) is 78.4. The van der Waals surface area contributed by atoms with Gasteiger partial charge in [-0.25, -0.2) is 4.79 Å². The fourth-order valence-corrected chi connectivity index (χ4v) is 18.7. The van der Waals surface area contributed by atoms with Gasteiger partial charge >= 0.3 is 5.97 Å². The van der Waals surface area contributed by atoms with Gasteiger partial charge in [-0.2, -0.15) is 0 Å². The van der Waals surface area contributed by atoms with Crippen LogP contribution in [0, 0.1) is 0 Å². The van der Waals surface area contributed by atoms with Crippen molar-refractivity contribution >= 4 is 41.4 Å². The average molecular weight is 2120 g/mol. The second-order valence-corrected chi connectivity index (χ2v) is 36.7. The Bertz CT molecular complexity index is 4150. The Hall–Kier alpha value is -5.71. The lowest BCUT2D eigenvalue weighted by atomic mass is 9.88. The van der Waals surface area contributed by atoms with E-state index in [1.807, 2.05) is 0 Å². The Morgan fingerprint density at radius 3 is 1.06 bits per heavy atom. The van der Waals surface area contributed by atoms with Crippen molar-refractivity contribution in [3.63, 3.8) is 0 Å². The van der Waals surface area contributed by atoms with E-state index in [1.54, 1.807) is 0 Å². The van der Waals surface area contributed by atoms with Crippen LogP contribution in [0.1, 0.15) is 54.9 Å². The Balaban J connectivity index is 0.986. The number of carbonyl (C=O) groups is 7. The normalized spacial score (nSPS) is 47.2. The first kappa shape index (κ1) is 120. The van der Waals surface area contributed by atoms with Crippen LogP contribution in [0.4, 0.5) is 0 Å². The van der Waals surface area contributed by atoms with Crippen molar-refractivity contribution in [1.29, 1.82) is 0 Å². The molecule has 64 heteroatoms. The number of amides is 6. The number of carboxylic acid groups (broad SMARTS) is 1. The minimum atomic E-state index is -3.15. The van der Waals surface area contributed by atoms with Gasteiger partial charge < -0.3 is 285 Å². The third-order valence-electron chi connectivity index (χ3n) is 26.3. The molecule has 11 saturated heterocycles. The lowest BCUT2D eigenvalue weighted by Gasteiger charge is -2.52. The van der Waals surface area contributed by atoms with Gasteiger partial charge in [0.2, 0.25) is 35.4 Å². The number of aliphatic carboxylic acids is 1. The zero-order valence-electron chi connectivity index (χ0n) is 78.4. The summed E-state index contributed by atoms with van der Waals surface area (Å²) in [6, 6.07) is -11.9. The summed E-state index contributed by atoms with van der Waals surface area (Å²) in [4.78, 5) is 91.1. The predicted molar refractivity (Wildman–Crippen MR) is 448 cm³/mol. The highest BCUT2D eigenvalue weighted by Gasteiger charge is 2.64. The molecular formula is C81H134N6O58. The molecule has 145 heavy (non-hydrogen) atoms. The quantitative estimate of drug-likeness (QED) is 0.0272. The Labute approximate surface area is 821 Å². The monoisotopic (exact) mass is 2120 g/mol. The van der Waals surface area contributed by atoms with Crippen LogP contribution in [0.2, 0.25) is 0 Å². The number of hydrogen-bond acceptors (Lipinski definition) is 57. The number of hydrogen-bond donors (Lipinski definition) is 36. The van der Waals surface area contributed by atoms with Crippen molar-refractivity contribution in [3.8, 4) is 0 Å². The van der Waals surface area contributed by atoms with E-state index in [0.717, 1.165) is 41.5 Å². The maximum Gasteiger partial charge on any atom is 0.364 e. The fraction of sp³-hybridized carbons (Fsp3) is 0.914. The van der Waals surface area contributed by atoms with Gasteiger partial charge in [-0.05, 0) is 6.92 Å². The molecular weight excluding hydrogens is 1980 g/mol. The molecule has 0 unspecified atom stereocenters. The second kappa shape index (κ2) is 51.8. The van der Waals surface area contributed by atoms with Crippen LogP contribution in [-0.2, 0) is 133 Å². The van der Waals surface area contributed by atoms with Gasteiger partial charge in [0, 0.05) is 48.0 Å². The molecule has 0 aromatic heterocycles. The maximum atomic E-state index is 13.5. The molecule has 36 N–H and O–H groups in total. The summed E-state index contributed by atoms with van der Waals surface area (Å²) in [5, 5.41) is 355. The van der Waals surface area contributed by atoms with E-state index in [1.165, 1.54) is 6.92 Å². The van der Waals surface area contributed by atoms with E-state index >= 15 is 0 Å². The zero-order chi connectivity index (χ0) is 107. The molecule has 11 rings (SSSR count). The molecule has 0 bridgehead atoms. The third-order valence-corrected chi connectivity index (χ3v) is 26.3. The highest BCUT2D eigenvalue weighted by molar-refractivity contribution is 5.77. The lowest BCUT2D eigenvalue weighted by Crippen LogP contribution is -2.71. The molecule has 0 aromatic rings. The van der Waals surface area contributed by atoms with Gasteiger partial charge in [-0.3, -0.25) is 28.8 Å². The van der Waals surface area contributed by atoms with Crippen molar-refractivity contribution in [1.82, 2.24) is 31.9 Å². The van der Waals surface area contributed by atoms with Crippen LogP contribution in [-0.4, -0.2) is 604 Å². The summed E-state index contributed by atoms with van der Waals surface area (Å²) < 4.78 is 128. The molecule has 6 amide bonds. The molecule has 836 valence electrons. The first-order chi connectivity index (χ1) is 68.3. The Morgan fingerprint density at radius 1 is 0.297 bits per heavy atom. The molecule has 0 spiro atoms. The van der Waals surface area contributed by atoms with Crippen LogP contribution >= 0.6 is 0 Å². The Kier molecular flexibility index (Phi) is 42.7. The van der Waals surface area contributed by atoms with E-state index in [-0.39, 0.29) is 0 Å². The first-order valence-corrected chi connectivity index (χ1v) is 46.1. The highest BCUT2D eigenvalue weighted by Crippen LogP contribution is 2.43. The van der Waals surface area contributed by atoms with E-state index in [2.05, 4.69) is 31.9 Å². The number of rotatable bonds is 39. The van der Waals surface area contributed by atoms with Crippen molar-refractivity contribution in [2.75, 3.05) is 66.1 Å². The topological polar surface area (TPSA) is 992 Å². The van der Waals surface area contributed by atoms with Crippen LogP contribution in [0.15, 0.2) is 0 Å². The van der Waals surface area contributed by atoms with Crippen molar-refractivity contribution in [3.05, 3.63) is 0 Å². The molecule has 11 aliphatic rings. The van der Waals surface area contributed by atoms with Gasteiger partial charge in [-0.15, -0.1) is 0 Å². The Morgan fingerprint density at radius 2 is 0.614 bits per heavy atom. The lowest BCUT2D eigenvalue weighted by molar-refractivity contribution is -0.409. The molecule has 56 atom stereocenters. The van der Waals surface area contributed by atoms with E-state index < -0.39 is 457 Å². The summed E-state index contributed by atoms with van der Waals surface area (Å²) in [5.41, 5.74) is 0. The summed E-state index contributed by atoms with van der Waals surface area (Å²) in [6.45, 7) is -5.66. The molecule has 11 aliphatic heterocycles. The van der Waals surface area contributed by atoms with Gasteiger partial charge in [0.05, 0.1) is 84.3 Å².